The van der Waals surface area contributed by atoms with Crippen molar-refractivity contribution in [2.45, 2.75) is 52.1 Å². The van der Waals surface area contributed by atoms with Gasteiger partial charge in [-0.1, -0.05) is 44.9 Å². The zero-order valence-electron chi connectivity index (χ0n) is 16.0. The predicted molar refractivity (Wildman–Crippen MR) is 110 cm³/mol. The summed E-state index contributed by atoms with van der Waals surface area (Å²) in [5.41, 5.74) is 6.06. The van der Waals surface area contributed by atoms with E-state index in [1.165, 1.54) is 4.68 Å². The van der Waals surface area contributed by atoms with Crippen molar-refractivity contribution < 1.29 is 4.79 Å². The van der Waals surface area contributed by atoms with E-state index < -0.39 is 0 Å². The maximum atomic E-state index is 13.0. The van der Waals surface area contributed by atoms with E-state index in [-0.39, 0.29) is 35.8 Å². The molecule has 0 bridgehead atoms. The third-order valence-electron chi connectivity index (χ3n) is 5.15. The summed E-state index contributed by atoms with van der Waals surface area (Å²) in [4.78, 5) is 25.7. The predicted octanol–water partition coefficient (Wildman–Crippen LogP) is 2.72. The average molecular weight is 393 g/mol. The highest BCUT2D eigenvalue weighted by Gasteiger charge is 2.27. The number of carbonyl (C=O) groups excluding carboxylic acids is 1. The Balaban J connectivity index is 0.00000261. The first-order valence-corrected chi connectivity index (χ1v) is 9.52. The van der Waals surface area contributed by atoms with Gasteiger partial charge in [0.1, 0.15) is 0 Å². The minimum absolute atomic E-state index is 0. The Hall–Kier alpha value is -1.92. The molecule has 0 aliphatic heterocycles. The molecule has 1 saturated carbocycles. The smallest absolute Gasteiger partial charge is 0.274 e. The second-order valence-corrected chi connectivity index (χ2v) is 7.64. The summed E-state index contributed by atoms with van der Waals surface area (Å²) in [7, 11) is 0. The molecule has 1 fully saturated rings. The standard InChI is InChI=1S/C20H28N4O2.ClH/c1-13(2)12-24-20(26)16-9-5-4-8-15(16)18(23-24)19(25)22-17-10-6-3-7-14(17)11-21;/h4-5,8-9,13-14,17H,3,6-7,10-12,21H2,1-2H3,(H,22,25);1H. The van der Waals surface area contributed by atoms with Crippen molar-refractivity contribution in [2.24, 2.45) is 17.6 Å². The molecule has 2 aromatic rings. The molecule has 7 heteroatoms. The number of halogens is 1. The molecule has 6 nitrogen and oxygen atoms in total. The number of benzene rings is 1. The zero-order valence-corrected chi connectivity index (χ0v) is 16.8. The molecule has 1 amide bonds. The SMILES string of the molecule is CC(C)Cn1nc(C(=O)NC2CCCCC2CN)c2ccccc2c1=O.Cl. The first kappa shape index (κ1) is 21.4. The van der Waals surface area contributed by atoms with Gasteiger partial charge in [0.2, 0.25) is 0 Å². The lowest BCUT2D eigenvalue weighted by Gasteiger charge is -2.31. The summed E-state index contributed by atoms with van der Waals surface area (Å²) in [5, 5.41) is 8.69. The van der Waals surface area contributed by atoms with Crippen LogP contribution in [0, 0.1) is 11.8 Å². The minimum Gasteiger partial charge on any atom is -0.348 e. The van der Waals surface area contributed by atoms with Crippen LogP contribution in [0.15, 0.2) is 29.1 Å². The number of nitrogens with zero attached hydrogens (tertiary/aromatic N) is 2. The Morgan fingerprint density at radius 3 is 2.59 bits per heavy atom. The van der Waals surface area contributed by atoms with Crippen LogP contribution in [0.1, 0.15) is 50.0 Å². The largest absolute Gasteiger partial charge is 0.348 e. The molecule has 0 spiro atoms. The van der Waals surface area contributed by atoms with Gasteiger partial charge in [-0.3, -0.25) is 9.59 Å². The molecular weight excluding hydrogens is 364 g/mol. The van der Waals surface area contributed by atoms with Crippen LogP contribution in [-0.4, -0.2) is 28.3 Å². The second kappa shape index (κ2) is 9.33. The number of carbonyl (C=O) groups is 1. The van der Waals surface area contributed by atoms with Crippen LogP contribution < -0.4 is 16.6 Å². The summed E-state index contributed by atoms with van der Waals surface area (Å²) in [5.74, 6) is 0.349. The molecule has 2 unspecified atom stereocenters. The number of rotatable bonds is 5. The summed E-state index contributed by atoms with van der Waals surface area (Å²) in [6.07, 6.45) is 4.25. The number of aromatic nitrogens is 2. The van der Waals surface area contributed by atoms with Crippen LogP contribution in [0.3, 0.4) is 0 Å². The molecule has 3 rings (SSSR count). The Labute approximate surface area is 165 Å². The average Bonchev–Trinajstić information content (AvgIpc) is 2.64. The van der Waals surface area contributed by atoms with Crippen LogP contribution in [-0.2, 0) is 6.54 Å². The molecular formula is C20H29ClN4O2. The van der Waals surface area contributed by atoms with Crippen molar-refractivity contribution in [1.29, 1.82) is 0 Å². The van der Waals surface area contributed by atoms with Gasteiger partial charge in [-0.2, -0.15) is 5.10 Å². The van der Waals surface area contributed by atoms with Gasteiger partial charge in [0.25, 0.3) is 11.5 Å². The summed E-state index contributed by atoms with van der Waals surface area (Å²) < 4.78 is 1.42. The lowest BCUT2D eigenvalue weighted by Crippen LogP contribution is -2.45. The highest BCUT2D eigenvalue weighted by molar-refractivity contribution is 6.04. The maximum Gasteiger partial charge on any atom is 0.274 e. The fourth-order valence-corrected chi connectivity index (χ4v) is 3.79. The molecule has 0 radical (unpaired) electrons. The maximum absolute atomic E-state index is 13.0. The highest BCUT2D eigenvalue weighted by atomic mass is 35.5. The third kappa shape index (κ3) is 4.68. The van der Waals surface area contributed by atoms with Crippen molar-refractivity contribution in [3.05, 3.63) is 40.3 Å². The molecule has 3 N–H and O–H groups in total. The van der Waals surface area contributed by atoms with Crippen molar-refractivity contribution >= 4 is 29.1 Å². The lowest BCUT2D eigenvalue weighted by molar-refractivity contribution is 0.0902. The number of fused-ring (bicyclic) bond motifs is 1. The van der Waals surface area contributed by atoms with Crippen LogP contribution in [0.5, 0.6) is 0 Å². The molecule has 1 aliphatic carbocycles. The molecule has 1 aromatic carbocycles. The number of nitrogens with two attached hydrogens (primary N) is 1. The number of hydrogen-bond donors (Lipinski definition) is 2. The van der Waals surface area contributed by atoms with Crippen molar-refractivity contribution in [3.8, 4) is 0 Å². The van der Waals surface area contributed by atoms with Crippen LogP contribution in [0.4, 0.5) is 0 Å². The van der Waals surface area contributed by atoms with Gasteiger partial charge in [0.15, 0.2) is 5.69 Å². The number of nitrogens with one attached hydrogen (secondary N) is 1. The minimum atomic E-state index is -0.218. The quantitative estimate of drug-likeness (QED) is 0.818. The van der Waals surface area contributed by atoms with E-state index in [9.17, 15) is 9.59 Å². The molecule has 27 heavy (non-hydrogen) atoms. The van der Waals surface area contributed by atoms with Crippen LogP contribution in [0.25, 0.3) is 10.8 Å². The normalized spacial score (nSPS) is 19.7. The van der Waals surface area contributed by atoms with Gasteiger partial charge in [-0.05, 0) is 37.3 Å². The Kier molecular flexibility index (Phi) is 7.39. The third-order valence-corrected chi connectivity index (χ3v) is 5.15. The van der Waals surface area contributed by atoms with Crippen molar-refractivity contribution in [2.75, 3.05) is 6.54 Å². The topological polar surface area (TPSA) is 90.0 Å². The van der Waals surface area contributed by atoms with Gasteiger partial charge in [-0.15, -0.1) is 12.4 Å². The molecule has 1 aliphatic rings. The molecule has 1 heterocycles. The lowest BCUT2D eigenvalue weighted by atomic mass is 9.84. The number of hydrogen-bond acceptors (Lipinski definition) is 4. The molecule has 1 aromatic heterocycles. The van der Waals surface area contributed by atoms with Gasteiger partial charge >= 0.3 is 0 Å². The van der Waals surface area contributed by atoms with Crippen molar-refractivity contribution in [1.82, 2.24) is 15.1 Å². The first-order chi connectivity index (χ1) is 12.5. The van der Waals surface area contributed by atoms with E-state index in [1.54, 1.807) is 12.1 Å². The van der Waals surface area contributed by atoms with Gasteiger partial charge in [-0.25, -0.2) is 4.68 Å². The van der Waals surface area contributed by atoms with Gasteiger partial charge < -0.3 is 11.1 Å². The second-order valence-electron chi connectivity index (χ2n) is 7.64. The zero-order chi connectivity index (χ0) is 18.7. The number of amides is 1. The van der Waals surface area contributed by atoms with E-state index in [2.05, 4.69) is 10.4 Å². The van der Waals surface area contributed by atoms with E-state index in [0.29, 0.717) is 35.5 Å². The highest BCUT2D eigenvalue weighted by Crippen LogP contribution is 2.24. The van der Waals surface area contributed by atoms with E-state index in [0.717, 1.165) is 25.7 Å². The van der Waals surface area contributed by atoms with Gasteiger partial charge in [0.05, 0.1) is 5.39 Å². The summed E-state index contributed by atoms with van der Waals surface area (Å²) >= 11 is 0. The van der Waals surface area contributed by atoms with Gasteiger partial charge in [0, 0.05) is 18.0 Å². The van der Waals surface area contributed by atoms with Crippen molar-refractivity contribution in [3.63, 3.8) is 0 Å². The fraction of sp³-hybridized carbons (Fsp3) is 0.550. The van der Waals surface area contributed by atoms with Crippen LogP contribution in [0.2, 0.25) is 0 Å². The summed E-state index contributed by atoms with van der Waals surface area (Å²) in [6.45, 7) is 5.11. The monoisotopic (exact) mass is 392 g/mol. The molecule has 2 atom stereocenters. The summed E-state index contributed by atoms with van der Waals surface area (Å²) in [6, 6.07) is 7.27. The van der Waals surface area contributed by atoms with E-state index in [4.69, 9.17) is 5.73 Å². The Morgan fingerprint density at radius 1 is 1.26 bits per heavy atom. The Morgan fingerprint density at radius 2 is 1.93 bits per heavy atom. The van der Waals surface area contributed by atoms with Crippen LogP contribution >= 0.6 is 12.4 Å². The first-order valence-electron chi connectivity index (χ1n) is 9.52. The molecule has 0 saturated heterocycles. The Bertz CT molecular complexity index is 849. The fourth-order valence-electron chi connectivity index (χ4n) is 3.79. The van der Waals surface area contributed by atoms with E-state index >= 15 is 0 Å². The van der Waals surface area contributed by atoms with E-state index in [1.807, 2.05) is 26.0 Å². The molecule has 148 valence electrons.